The molecule has 0 aliphatic heterocycles. The number of carbonyl (C=O) groups is 2. The molecule has 0 aromatic heterocycles. The fourth-order valence-corrected chi connectivity index (χ4v) is 0.139. The number of rotatable bonds is 3. The SMILES string of the molecule is COS(=O)(=O)O.O=C([O-])/C=C\C(=O)O.[K+]. The molecule has 0 amide bonds. The minimum absolute atomic E-state index is 0. The van der Waals surface area contributed by atoms with Crippen molar-refractivity contribution in [3.63, 3.8) is 0 Å². The molecular formula is C5H7KO8S. The molecule has 0 heterocycles. The van der Waals surface area contributed by atoms with Gasteiger partial charge in [-0.2, -0.15) is 8.42 Å². The third-order valence-corrected chi connectivity index (χ3v) is 0.994. The van der Waals surface area contributed by atoms with Gasteiger partial charge in [0.1, 0.15) is 0 Å². The Kier molecular flexibility index (Phi) is 14.7. The van der Waals surface area contributed by atoms with Crippen LogP contribution in [0.15, 0.2) is 12.2 Å². The van der Waals surface area contributed by atoms with E-state index < -0.39 is 22.3 Å². The van der Waals surface area contributed by atoms with Crippen LogP contribution in [0.1, 0.15) is 0 Å². The zero-order valence-electron chi connectivity index (χ0n) is 7.91. The van der Waals surface area contributed by atoms with Gasteiger partial charge in [-0.05, 0) is 6.08 Å². The Morgan fingerprint density at radius 3 is 1.73 bits per heavy atom. The summed E-state index contributed by atoms with van der Waals surface area (Å²) < 4.78 is 29.7. The predicted octanol–water partition coefficient (Wildman–Crippen LogP) is -5.18. The molecule has 0 aliphatic rings. The van der Waals surface area contributed by atoms with E-state index in [1.165, 1.54) is 0 Å². The van der Waals surface area contributed by atoms with E-state index in [-0.39, 0.29) is 51.4 Å². The van der Waals surface area contributed by atoms with E-state index in [2.05, 4.69) is 4.18 Å². The monoisotopic (exact) mass is 266 g/mol. The number of carboxylic acid groups (broad SMARTS) is 2. The molecule has 0 radical (unpaired) electrons. The van der Waals surface area contributed by atoms with Gasteiger partial charge in [-0.1, -0.05) is 0 Å². The van der Waals surface area contributed by atoms with Crippen molar-refractivity contribution < 1.29 is 88.3 Å². The topological polar surface area (TPSA) is 141 Å². The molecule has 8 nitrogen and oxygen atoms in total. The summed E-state index contributed by atoms with van der Waals surface area (Å²) in [4.78, 5) is 19.0. The maximum atomic E-state index is 9.53. The molecule has 82 valence electrons. The van der Waals surface area contributed by atoms with Gasteiger partial charge in [0, 0.05) is 6.08 Å². The third-order valence-electron chi connectivity index (χ3n) is 0.573. The van der Waals surface area contributed by atoms with Gasteiger partial charge < -0.3 is 15.0 Å². The van der Waals surface area contributed by atoms with Crippen LogP contribution in [0.4, 0.5) is 0 Å². The van der Waals surface area contributed by atoms with E-state index >= 15 is 0 Å². The first-order chi connectivity index (χ1) is 6.19. The Balaban J connectivity index is -0.000000187. The predicted molar refractivity (Wildman–Crippen MR) is 40.3 cm³/mol. The summed E-state index contributed by atoms with van der Waals surface area (Å²) >= 11 is 0. The smallest absolute Gasteiger partial charge is 0.545 e. The Bertz CT molecular complexity index is 302. The summed E-state index contributed by atoms with van der Waals surface area (Å²) in [7, 11) is -3.29. The fraction of sp³-hybridized carbons (Fsp3) is 0.200. The molecule has 0 bridgehead atoms. The van der Waals surface area contributed by atoms with E-state index in [0.29, 0.717) is 12.2 Å². The second kappa shape index (κ2) is 10.7. The second-order valence-corrected chi connectivity index (χ2v) is 2.77. The van der Waals surface area contributed by atoms with Crippen LogP contribution in [0.2, 0.25) is 0 Å². The van der Waals surface area contributed by atoms with Gasteiger partial charge in [-0.3, -0.25) is 8.74 Å². The van der Waals surface area contributed by atoms with Crippen LogP contribution in [0, 0.1) is 0 Å². The van der Waals surface area contributed by atoms with E-state index in [4.69, 9.17) is 9.66 Å². The van der Waals surface area contributed by atoms with E-state index in [9.17, 15) is 23.1 Å². The first-order valence-electron chi connectivity index (χ1n) is 2.84. The van der Waals surface area contributed by atoms with Crippen LogP contribution >= 0.6 is 0 Å². The van der Waals surface area contributed by atoms with Crippen LogP contribution in [0.3, 0.4) is 0 Å². The summed E-state index contributed by atoms with van der Waals surface area (Å²) in [6.45, 7) is 0. The second-order valence-electron chi connectivity index (χ2n) is 1.59. The minimum atomic E-state index is -4.16. The molecule has 0 spiro atoms. The number of carboxylic acids is 2. The van der Waals surface area contributed by atoms with Crippen LogP contribution in [-0.4, -0.2) is 37.1 Å². The Morgan fingerprint density at radius 1 is 1.33 bits per heavy atom. The Labute approximate surface area is 128 Å². The van der Waals surface area contributed by atoms with Gasteiger partial charge in [-0.25, -0.2) is 4.79 Å². The molecule has 0 aliphatic carbocycles. The van der Waals surface area contributed by atoms with Crippen LogP contribution in [0.25, 0.3) is 0 Å². The Morgan fingerprint density at radius 2 is 1.67 bits per heavy atom. The van der Waals surface area contributed by atoms with Gasteiger partial charge in [0.25, 0.3) is 0 Å². The summed E-state index contributed by atoms with van der Waals surface area (Å²) in [6, 6.07) is 0. The quantitative estimate of drug-likeness (QED) is 0.293. The van der Waals surface area contributed by atoms with E-state index in [0.717, 1.165) is 7.11 Å². The molecule has 0 rings (SSSR count). The molecular weight excluding hydrogens is 259 g/mol. The maximum Gasteiger partial charge on any atom is 1.00 e. The number of carbonyl (C=O) groups excluding carboxylic acids is 1. The molecule has 2 N–H and O–H groups in total. The van der Waals surface area contributed by atoms with Crippen molar-refractivity contribution in [1.29, 1.82) is 0 Å². The molecule has 0 saturated heterocycles. The molecule has 0 aromatic carbocycles. The Hall–Kier alpha value is 0.186. The van der Waals surface area contributed by atoms with Crippen molar-refractivity contribution in [3.05, 3.63) is 12.2 Å². The molecule has 15 heavy (non-hydrogen) atoms. The van der Waals surface area contributed by atoms with Crippen LogP contribution in [-0.2, 0) is 24.2 Å². The molecule has 10 heteroatoms. The zero-order chi connectivity index (χ0) is 11.8. The van der Waals surface area contributed by atoms with Crippen molar-refractivity contribution in [1.82, 2.24) is 0 Å². The largest absolute Gasteiger partial charge is 1.00 e. The van der Waals surface area contributed by atoms with E-state index in [1.807, 2.05) is 0 Å². The molecule has 0 fully saturated rings. The van der Waals surface area contributed by atoms with E-state index in [1.54, 1.807) is 0 Å². The zero-order valence-corrected chi connectivity index (χ0v) is 11.8. The van der Waals surface area contributed by atoms with Gasteiger partial charge in [0.2, 0.25) is 0 Å². The molecule has 0 atom stereocenters. The molecule has 0 aromatic rings. The first-order valence-corrected chi connectivity index (χ1v) is 4.20. The van der Waals surface area contributed by atoms with Gasteiger partial charge in [-0.15, -0.1) is 0 Å². The average molecular weight is 266 g/mol. The van der Waals surface area contributed by atoms with Crippen molar-refractivity contribution in [2.75, 3.05) is 7.11 Å². The van der Waals surface area contributed by atoms with Crippen molar-refractivity contribution in [3.8, 4) is 0 Å². The average Bonchev–Trinajstić information content (AvgIpc) is 2.01. The summed E-state index contributed by atoms with van der Waals surface area (Å²) in [5.41, 5.74) is 0. The van der Waals surface area contributed by atoms with Gasteiger partial charge in [0.05, 0.1) is 13.1 Å². The summed E-state index contributed by atoms with van der Waals surface area (Å²) in [5.74, 6) is -2.80. The molecule has 0 saturated carbocycles. The van der Waals surface area contributed by atoms with Crippen molar-refractivity contribution >= 4 is 22.3 Å². The maximum absolute atomic E-state index is 9.53. The van der Waals surface area contributed by atoms with Crippen LogP contribution < -0.4 is 56.5 Å². The van der Waals surface area contributed by atoms with Crippen molar-refractivity contribution in [2.45, 2.75) is 0 Å². The minimum Gasteiger partial charge on any atom is -0.545 e. The van der Waals surface area contributed by atoms with Crippen molar-refractivity contribution in [2.24, 2.45) is 0 Å². The van der Waals surface area contributed by atoms with Gasteiger partial charge in [0.15, 0.2) is 0 Å². The standard InChI is InChI=1S/C4H4O4.CH4O4S.K/c5-3(6)1-2-4(7)8;1-5-6(2,3)4;/h1-2H,(H,5,6)(H,7,8);1H3,(H,2,3,4);/q;;+1/p-1/b2-1-;;. The normalized spacial score (nSPS) is 9.73. The summed E-state index contributed by atoms with van der Waals surface area (Å²) in [6.07, 6.45) is 0.942. The third kappa shape index (κ3) is 31.4. The molecule has 0 unspecified atom stereocenters. The van der Waals surface area contributed by atoms with Gasteiger partial charge >= 0.3 is 67.8 Å². The van der Waals surface area contributed by atoms with Crippen LogP contribution in [0.5, 0.6) is 0 Å². The number of hydrogen-bond acceptors (Lipinski definition) is 6. The first kappa shape index (κ1) is 20.6. The number of aliphatic carboxylic acids is 2. The number of hydrogen-bond donors (Lipinski definition) is 2. The summed E-state index contributed by atoms with van der Waals surface area (Å²) in [5, 5.41) is 17.2. The fourth-order valence-electron chi connectivity index (χ4n) is 0.139.